The minimum absolute atomic E-state index is 0.105. The average Bonchev–Trinajstić information content (AvgIpc) is 3.18. The molecule has 0 fully saturated rings. The second kappa shape index (κ2) is 6.95. The Morgan fingerprint density at radius 3 is 2.54 bits per heavy atom. The standard InChI is InChI=1S/C17H23N7O2/c1-22(2)13-8-15-14(23(3)17(26)24(15)4)7-12(13)21-16(25)18-6-5-11-9-19-20-10-11/h7-10H,5-6H2,1-4H3,(H,19,20)(H2,18,21,25). The highest BCUT2D eigenvalue weighted by atomic mass is 16.2. The van der Waals surface area contributed by atoms with E-state index in [0.717, 1.165) is 22.3 Å². The first kappa shape index (κ1) is 17.6. The molecule has 0 saturated heterocycles. The largest absolute Gasteiger partial charge is 0.376 e. The van der Waals surface area contributed by atoms with Crippen LogP contribution < -0.4 is 21.2 Å². The number of urea groups is 1. The number of carbonyl (C=O) groups excluding carboxylic acids is 1. The topological polar surface area (TPSA) is 100.0 Å². The maximum absolute atomic E-state index is 12.3. The Bertz CT molecular complexity index is 983. The van der Waals surface area contributed by atoms with Crippen molar-refractivity contribution in [3.63, 3.8) is 0 Å². The second-order valence-corrected chi connectivity index (χ2v) is 6.39. The molecule has 0 bridgehead atoms. The number of hydrogen-bond donors (Lipinski definition) is 3. The molecule has 3 aromatic rings. The molecule has 9 heteroatoms. The molecular formula is C17H23N7O2. The van der Waals surface area contributed by atoms with Gasteiger partial charge in [0, 0.05) is 40.9 Å². The van der Waals surface area contributed by atoms with Crippen LogP contribution in [-0.2, 0) is 20.5 Å². The molecule has 3 N–H and O–H groups in total. The highest BCUT2D eigenvalue weighted by Gasteiger charge is 2.15. The van der Waals surface area contributed by atoms with Gasteiger partial charge < -0.3 is 15.5 Å². The van der Waals surface area contributed by atoms with Crippen LogP contribution in [0.2, 0.25) is 0 Å². The number of imidazole rings is 1. The molecule has 0 aliphatic rings. The van der Waals surface area contributed by atoms with Crippen LogP contribution >= 0.6 is 0 Å². The summed E-state index contributed by atoms with van der Waals surface area (Å²) in [5.41, 5.74) is 3.96. The fraction of sp³-hybridized carbons (Fsp3) is 0.353. The number of rotatable bonds is 5. The second-order valence-electron chi connectivity index (χ2n) is 6.39. The number of aryl methyl sites for hydroxylation is 2. The van der Waals surface area contributed by atoms with Gasteiger partial charge in [-0.1, -0.05) is 0 Å². The lowest BCUT2D eigenvalue weighted by molar-refractivity contribution is 0.252. The van der Waals surface area contributed by atoms with Crippen LogP contribution in [0.4, 0.5) is 16.2 Å². The summed E-state index contributed by atoms with van der Waals surface area (Å²) in [6, 6.07) is 3.43. The quantitative estimate of drug-likeness (QED) is 0.635. The van der Waals surface area contributed by atoms with Crippen molar-refractivity contribution >= 4 is 28.4 Å². The number of hydrogen-bond acceptors (Lipinski definition) is 4. The lowest BCUT2D eigenvalue weighted by Gasteiger charge is -2.19. The van der Waals surface area contributed by atoms with Gasteiger partial charge in [0.05, 0.1) is 28.6 Å². The normalized spacial score (nSPS) is 10.9. The van der Waals surface area contributed by atoms with E-state index in [9.17, 15) is 9.59 Å². The molecule has 0 unspecified atom stereocenters. The van der Waals surface area contributed by atoms with Crippen LogP contribution in [0.15, 0.2) is 29.3 Å². The van der Waals surface area contributed by atoms with Crippen LogP contribution in [-0.4, -0.2) is 46.0 Å². The number of H-pyrrole nitrogens is 1. The van der Waals surface area contributed by atoms with E-state index in [1.807, 2.05) is 31.1 Å². The number of amides is 2. The van der Waals surface area contributed by atoms with Crippen molar-refractivity contribution in [3.05, 3.63) is 40.6 Å². The van der Waals surface area contributed by atoms with Gasteiger partial charge in [-0.05, 0) is 24.1 Å². The number of nitrogens with one attached hydrogen (secondary N) is 3. The molecule has 0 aliphatic heterocycles. The third-order valence-corrected chi connectivity index (χ3v) is 4.37. The first-order valence-corrected chi connectivity index (χ1v) is 8.27. The number of aromatic nitrogens is 4. The van der Waals surface area contributed by atoms with Crippen LogP contribution in [0.3, 0.4) is 0 Å². The summed E-state index contributed by atoms with van der Waals surface area (Å²) < 4.78 is 3.16. The van der Waals surface area contributed by atoms with E-state index >= 15 is 0 Å². The molecule has 0 saturated carbocycles. The maximum atomic E-state index is 12.3. The summed E-state index contributed by atoms with van der Waals surface area (Å²) in [7, 11) is 7.24. The van der Waals surface area contributed by atoms with Gasteiger partial charge in [0.2, 0.25) is 0 Å². The van der Waals surface area contributed by atoms with Gasteiger partial charge >= 0.3 is 11.7 Å². The van der Waals surface area contributed by atoms with Gasteiger partial charge in [-0.2, -0.15) is 5.10 Å². The van der Waals surface area contributed by atoms with Gasteiger partial charge in [-0.15, -0.1) is 0 Å². The first-order valence-electron chi connectivity index (χ1n) is 8.27. The molecule has 2 amide bonds. The monoisotopic (exact) mass is 357 g/mol. The third-order valence-electron chi connectivity index (χ3n) is 4.37. The summed E-state index contributed by atoms with van der Waals surface area (Å²) in [6.45, 7) is 0.495. The lowest BCUT2D eigenvalue weighted by atomic mass is 10.2. The molecule has 0 spiro atoms. The molecule has 0 atom stereocenters. The fourth-order valence-corrected chi connectivity index (χ4v) is 2.91. The Morgan fingerprint density at radius 1 is 1.23 bits per heavy atom. The minimum atomic E-state index is -0.295. The van der Waals surface area contributed by atoms with E-state index in [-0.39, 0.29) is 11.7 Å². The summed E-state index contributed by atoms with van der Waals surface area (Å²) in [4.78, 5) is 26.3. The molecule has 0 radical (unpaired) electrons. The SMILES string of the molecule is CN(C)c1cc2c(cc1NC(=O)NCCc1cn[nH]c1)n(C)c(=O)n2C. The Balaban J connectivity index is 1.81. The molecule has 1 aromatic carbocycles. The zero-order valence-corrected chi connectivity index (χ0v) is 15.3. The highest BCUT2D eigenvalue weighted by Crippen LogP contribution is 2.29. The Kier molecular flexibility index (Phi) is 4.70. The highest BCUT2D eigenvalue weighted by molar-refractivity contribution is 5.97. The Hall–Kier alpha value is -3.23. The number of fused-ring (bicyclic) bond motifs is 1. The van der Waals surface area contributed by atoms with Gasteiger partial charge in [0.25, 0.3) is 0 Å². The van der Waals surface area contributed by atoms with Gasteiger partial charge in [-0.25, -0.2) is 9.59 Å². The molecule has 138 valence electrons. The lowest BCUT2D eigenvalue weighted by Crippen LogP contribution is -2.31. The van der Waals surface area contributed by atoms with Crippen molar-refractivity contribution in [1.29, 1.82) is 0 Å². The average molecular weight is 357 g/mol. The summed E-state index contributed by atoms with van der Waals surface area (Å²) in [5.74, 6) is 0. The number of carbonyl (C=O) groups is 1. The zero-order valence-electron chi connectivity index (χ0n) is 15.3. The molecular weight excluding hydrogens is 334 g/mol. The number of aromatic amines is 1. The minimum Gasteiger partial charge on any atom is -0.376 e. The molecule has 9 nitrogen and oxygen atoms in total. The Morgan fingerprint density at radius 2 is 1.92 bits per heavy atom. The zero-order chi connectivity index (χ0) is 18.8. The van der Waals surface area contributed by atoms with Crippen molar-refractivity contribution in [3.8, 4) is 0 Å². The Labute approximate surface area is 150 Å². The predicted molar refractivity (Wildman–Crippen MR) is 102 cm³/mol. The summed E-state index contributed by atoms with van der Waals surface area (Å²) in [5, 5.41) is 12.3. The van der Waals surface area contributed by atoms with Crippen molar-refractivity contribution in [2.75, 3.05) is 30.9 Å². The van der Waals surface area contributed by atoms with Crippen molar-refractivity contribution in [1.82, 2.24) is 24.6 Å². The first-order chi connectivity index (χ1) is 12.4. The third kappa shape index (κ3) is 3.28. The molecule has 2 heterocycles. The van der Waals surface area contributed by atoms with Crippen molar-refractivity contribution < 1.29 is 4.79 Å². The number of nitrogens with zero attached hydrogens (tertiary/aromatic N) is 4. The molecule has 0 aliphatic carbocycles. The van der Waals surface area contributed by atoms with E-state index in [4.69, 9.17) is 0 Å². The maximum Gasteiger partial charge on any atom is 0.328 e. The van der Waals surface area contributed by atoms with E-state index in [1.165, 1.54) is 0 Å². The van der Waals surface area contributed by atoms with Crippen LogP contribution in [0, 0.1) is 0 Å². The van der Waals surface area contributed by atoms with E-state index < -0.39 is 0 Å². The fourth-order valence-electron chi connectivity index (χ4n) is 2.91. The molecule has 2 aromatic heterocycles. The van der Waals surface area contributed by atoms with Crippen molar-refractivity contribution in [2.45, 2.75) is 6.42 Å². The van der Waals surface area contributed by atoms with Crippen molar-refractivity contribution in [2.24, 2.45) is 14.1 Å². The smallest absolute Gasteiger partial charge is 0.328 e. The van der Waals surface area contributed by atoms with Crippen LogP contribution in [0.25, 0.3) is 11.0 Å². The molecule has 26 heavy (non-hydrogen) atoms. The number of anilines is 2. The predicted octanol–water partition coefficient (Wildman–Crippen LogP) is 1.03. The van der Waals surface area contributed by atoms with Gasteiger partial charge in [0.1, 0.15) is 0 Å². The van der Waals surface area contributed by atoms with E-state index in [0.29, 0.717) is 18.7 Å². The van der Waals surface area contributed by atoms with Gasteiger partial charge in [0.15, 0.2) is 0 Å². The van der Waals surface area contributed by atoms with Crippen LogP contribution in [0.5, 0.6) is 0 Å². The van der Waals surface area contributed by atoms with Crippen LogP contribution in [0.1, 0.15) is 5.56 Å². The summed E-state index contributed by atoms with van der Waals surface area (Å²) in [6.07, 6.45) is 4.22. The van der Waals surface area contributed by atoms with E-state index in [1.54, 1.807) is 35.6 Å². The number of benzene rings is 1. The molecule has 3 rings (SSSR count). The van der Waals surface area contributed by atoms with Gasteiger partial charge in [-0.3, -0.25) is 14.2 Å². The van der Waals surface area contributed by atoms with E-state index in [2.05, 4.69) is 20.8 Å². The summed E-state index contributed by atoms with van der Waals surface area (Å²) >= 11 is 0.